The van der Waals surface area contributed by atoms with Gasteiger partial charge in [0, 0.05) is 12.3 Å². The number of carbonyl (C=O) groups excluding carboxylic acids is 1. The van der Waals surface area contributed by atoms with Gasteiger partial charge in [0.2, 0.25) is 0 Å². The Balaban J connectivity index is 1.89. The first kappa shape index (κ1) is 16.3. The molecule has 1 heteroatoms. The van der Waals surface area contributed by atoms with E-state index in [0.29, 0.717) is 11.7 Å². The van der Waals surface area contributed by atoms with Gasteiger partial charge in [0.15, 0.2) is 0 Å². The normalized spacial score (nSPS) is 22.5. The predicted octanol–water partition coefficient (Wildman–Crippen LogP) is 5.67. The summed E-state index contributed by atoms with van der Waals surface area (Å²) in [6.45, 7) is 4.45. The van der Waals surface area contributed by atoms with Gasteiger partial charge in [-0.2, -0.15) is 0 Å². The highest BCUT2D eigenvalue weighted by Gasteiger charge is 2.29. The SMILES string of the molecule is CCCCC[C@H]1CC[C@H](c2ccc(CCC)cc2)C(=O)C1. The van der Waals surface area contributed by atoms with Gasteiger partial charge < -0.3 is 0 Å². The maximum atomic E-state index is 12.4. The van der Waals surface area contributed by atoms with Crippen molar-refractivity contribution in [3.8, 4) is 0 Å². The van der Waals surface area contributed by atoms with Gasteiger partial charge in [-0.05, 0) is 36.3 Å². The summed E-state index contributed by atoms with van der Waals surface area (Å²) in [5.41, 5.74) is 2.63. The van der Waals surface area contributed by atoms with Crippen LogP contribution in [0.1, 0.15) is 82.3 Å². The molecule has 0 spiro atoms. The molecule has 0 saturated heterocycles. The lowest BCUT2D eigenvalue weighted by molar-refractivity contribution is -0.123. The molecular formula is C20H30O. The van der Waals surface area contributed by atoms with Crippen LogP contribution >= 0.6 is 0 Å². The Morgan fingerprint density at radius 3 is 2.38 bits per heavy atom. The third-order valence-corrected chi connectivity index (χ3v) is 4.88. The minimum atomic E-state index is 0.170. The van der Waals surface area contributed by atoms with E-state index in [2.05, 4.69) is 38.1 Å². The number of benzene rings is 1. The van der Waals surface area contributed by atoms with Crippen LogP contribution in [0.3, 0.4) is 0 Å². The van der Waals surface area contributed by atoms with Crippen molar-refractivity contribution in [2.24, 2.45) is 5.92 Å². The third-order valence-electron chi connectivity index (χ3n) is 4.88. The maximum Gasteiger partial charge on any atom is 0.140 e. The van der Waals surface area contributed by atoms with Gasteiger partial charge in [-0.15, -0.1) is 0 Å². The molecule has 0 aliphatic heterocycles. The molecule has 1 nitrogen and oxygen atoms in total. The molecule has 0 unspecified atom stereocenters. The molecule has 1 aromatic rings. The standard InChI is InChI=1S/C20H30O/c1-3-5-6-8-17-11-14-19(20(21)15-17)18-12-9-16(7-4-2)10-13-18/h9-10,12-13,17,19H,3-8,11,14-15H2,1-2H3/t17-,19+/m0/s1. The van der Waals surface area contributed by atoms with E-state index in [9.17, 15) is 4.79 Å². The molecule has 0 aromatic heterocycles. The van der Waals surface area contributed by atoms with E-state index in [4.69, 9.17) is 0 Å². The fourth-order valence-electron chi connectivity index (χ4n) is 3.58. The first-order valence-electron chi connectivity index (χ1n) is 8.86. The summed E-state index contributed by atoms with van der Waals surface area (Å²) in [4.78, 5) is 12.4. The molecular weight excluding hydrogens is 256 g/mol. The average molecular weight is 286 g/mol. The molecule has 1 saturated carbocycles. The van der Waals surface area contributed by atoms with Crippen LogP contribution in [-0.2, 0) is 11.2 Å². The summed E-state index contributed by atoms with van der Waals surface area (Å²) in [6, 6.07) is 8.79. The zero-order valence-corrected chi connectivity index (χ0v) is 13.7. The minimum Gasteiger partial charge on any atom is -0.299 e. The molecule has 0 heterocycles. The van der Waals surface area contributed by atoms with Gasteiger partial charge in [0.1, 0.15) is 5.78 Å². The van der Waals surface area contributed by atoms with Crippen LogP contribution in [0.4, 0.5) is 0 Å². The maximum absolute atomic E-state index is 12.4. The van der Waals surface area contributed by atoms with Gasteiger partial charge in [-0.25, -0.2) is 0 Å². The molecule has 1 fully saturated rings. The van der Waals surface area contributed by atoms with Crippen LogP contribution in [0.5, 0.6) is 0 Å². The highest BCUT2D eigenvalue weighted by atomic mass is 16.1. The zero-order valence-electron chi connectivity index (χ0n) is 13.7. The Hall–Kier alpha value is -1.11. The van der Waals surface area contributed by atoms with E-state index in [1.165, 1.54) is 49.7 Å². The number of rotatable bonds is 7. The molecule has 2 rings (SSSR count). The van der Waals surface area contributed by atoms with Crippen molar-refractivity contribution in [2.75, 3.05) is 0 Å². The lowest BCUT2D eigenvalue weighted by Gasteiger charge is -2.27. The Morgan fingerprint density at radius 1 is 1.00 bits per heavy atom. The number of aryl methyl sites for hydroxylation is 1. The van der Waals surface area contributed by atoms with E-state index < -0.39 is 0 Å². The zero-order chi connectivity index (χ0) is 15.1. The summed E-state index contributed by atoms with van der Waals surface area (Å²) >= 11 is 0. The summed E-state index contributed by atoms with van der Waals surface area (Å²) in [7, 11) is 0. The van der Waals surface area contributed by atoms with E-state index in [-0.39, 0.29) is 5.92 Å². The van der Waals surface area contributed by atoms with Crippen LogP contribution in [0.25, 0.3) is 0 Å². The second-order valence-corrected chi connectivity index (χ2v) is 6.65. The predicted molar refractivity (Wildman–Crippen MR) is 89.7 cm³/mol. The van der Waals surface area contributed by atoms with Crippen molar-refractivity contribution in [3.63, 3.8) is 0 Å². The molecule has 1 aromatic carbocycles. The van der Waals surface area contributed by atoms with Crippen LogP contribution in [0.15, 0.2) is 24.3 Å². The summed E-state index contributed by atoms with van der Waals surface area (Å²) in [5, 5.41) is 0. The molecule has 1 aliphatic rings. The number of Topliss-reactive ketones (excluding diaryl/α,β-unsaturated/α-hetero) is 1. The van der Waals surface area contributed by atoms with Crippen molar-refractivity contribution >= 4 is 5.78 Å². The topological polar surface area (TPSA) is 17.1 Å². The van der Waals surface area contributed by atoms with Crippen LogP contribution in [0, 0.1) is 5.92 Å². The van der Waals surface area contributed by atoms with E-state index >= 15 is 0 Å². The summed E-state index contributed by atoms with van der Waals surface area (Å²) in [5.74, 6) is 1.30. The Bertz CT molecular complexity index is 432. The number of carbonyl (C=O) groups is 1. The quantitative estimate of drug-likeness (QED) is 0.590. The summed E-state index contributed by atoms with van der Waals surface area (Å²) < 4.78 is 0. The fraction of sp³-hybridized carbons (Fsp3) is 0.650. The molecule has 0 amide bonds. The molecule has 0 N–H and O–H groups in total. The average Bonchev–Trinajstić information content (AvgIpc) is 2.49. The number of ketones is 1. The van der Waals surface area contributed by atoms with Crippen molar-refractivity contribution in [1.82, 2.24) is 0 Å². The highest BCUT2D eigenvalue weighted by Crippen LogP contribution is 2.35. The Morgan fingerprint density at radius 2 is 1.76 bits per heavy atom. The van der Waals surface area contributed by atoms with Gasteiger partial charge in [-0.1, -0.05) is 70.2 Å². The smallest absolute Gasteiger partial charge is 0.140 e. The van der Waals surface area contributed by atoms with Gasteiger partial charge in [0.05, 0.1) is 0 Å². The van der Waals surface area contributed by atoms with Gasteiger partial charge in [0.25, 0.3) is 0 Å². The van der Waals surface area contributed by atoms with Crippen LogP contribution in [-0.4, -0.2) is 5.78 Å². The molecule has 1 aliphatic carbocycles. The van der Waals surface area contributed by atoms with Gasteiger partial charge in [-0.3, -0.25) is 4.79 Å². The second-order valence-electron chi connectivity index (χ2n) is 6.65. The first-order valence-corrected chi connectivity index (χ1v) is 8.86. The van der Waals surface area contributed by atoms with E-state index in [0.717, 1.165) is 19.3 Å². The van der Waals surface area contributed by atoms with E-state index in [1.807, 2.05) is 0 Å². The number of hydrogen-bond acceptors (Lipinski definition) is 1. The molecule has 21 heavy (non-hydrogen) atoms. The minimum absolute atomic E-state index is 0.170. The Kier molecular flexibility index (Phi) is 6.48. The molecule has 116 valence electrons. The van der Waals surface area contributed by atoms with Crippen molar-refractivity contribution in [3.05, 3.63) is 35.4 Å². The fourth-order valence-corrected chi connectivity index (χ4v) is 3.58. The largest absolute Gasteiger partial charge is 0.299 e. The van der Waals surface area contributed by atoms with Crippen molar-refractivity contribution in [2.45, 2.75) is 77.6 Å². The first-order chi connectivity index (χ1) is 10.2. The number of hydrogen-bond donors (Lipinski definition) is 0. The lowest BCUT2D eigenvalue weighted by Crippen LogP contribution is -2.23. The molecule has 2 atom stereocenters. The molecule has 0 bridgehead atoms. The lowest BCUT2D eigenvalue weighted by atomic mass is 9.76. The highest BCUT2D eigenvalue weighted by molar-refractivity contribution is 5.86. The van der Waals surface area contributed by atoms with Gasteiger partial charge >= 0.3 is 0 Å². The van der Waals surface area contributed by atoms with E-state index in [1.54, 1.807) is 0 Å². The molecule has 0 radical (unpaired) electrons. The van der Waals surface area contributed by atoms with Crippen LogP contribution < -0.4 is 0 Å². The third kappa shape index (κ3) is 4.69. The van der Waals surface area contributed by atoms with Crippen LogP contribution in [0.2, 0.25) is 0 Å². The number of unbranched alkanes of at least 4 members (excludes halogenated alkanes) is 2. The second kappa shape index (κ2) is 8.36. The Labute approximate surface area is 130 Å². The monoisotopic (exact) mass is 286 g/mol. The van der Waals surface area contributed by atoms with Crippen molar-refractivity contribution in [1.29, 1.82) is 0 Å². The van der Waals surface area contributed by atoms with Crippen molar-refractivity contribution < 1.29 is 4.79 Å². The summed E-state index contributed by atoms with van der Waals surface area (Å²) in [6.07, 6.45) is 10.6.